The number of hydrogen-bond acceptors (Lipinski definition) is 3. The molecule has 0 bridgehead atoms. The lowest BCUT2D eigenvalue weighted by atomic mass is 9.92. The van der Waals surface area contributed by atoms with E-state index in [-0.39, 0.29) is 30.2 Å². The van der Waals surface area contributed by atoms with Crippen LogP contribution in [0.25, 0.3) is 0 Å². The Morgan fingerprint density at radius 2 is 1.67 bits per heavy atom. The van der Waals surface area contributed by atoms with Gasteiger partial charge in [0.2, 0.25) is 11.8 Å². The van der Waals surface area contributed by atoms with Crippen LogP contribution in [0.2, 0.25) is 0 Å². The van der Waals surface area contributed by atoms with Crippen LogP contribution in [0.5, 0.6) is 0 Å². The highest BCUT2D eigenvalue weighted by Crippen LogP contribution is 2.17. The van der Waals surface area contributed by atoms with E-state index in [4.69, 9.17) is 5.11 Å². The van der Waals surface area contributed by atoms with Gasteiger partial charge in [0.05, 0.1) is 6.54 Å². The summed E-state index contributed by atoms with van der Waals surface area (Å²) in [6.07, 6.45) is 0.771. The van der Waals surface area contributed by atoms with E-state index in [0.717, 1.165) is 0 Å². The number of aliphatic carboxylic acids is 1. The molecule has 0 aliphatic rings. The maximum atomic E-state index is 11.4. The van der Waals surface area contributed by atoms with E-state index in [2.05, 4.69) is 10.6 Å². The van der Waals surface area contributed by atoms with E-state index in [1.807, 2.05) is 20.8 Å². The minimum atomic E-state index is -0.886. The molecule has 104 valence electrons. The van der Waals surface area contributed by atoms with Crippen LogP contribution in [-0.2, 0) is 14.4 Å². The molecule has 0 aromatic rings. The lowest BCUT2D eigenvalue weighted by molar-refractivity contribution is -0.137. The van der Waals surface area contributed by atoms with Crippen LogP contribution in [0.4, 0.5) is 0 Å². The quantitative estimate of drug-likeness (QED) is 0.580. The second-order valence-corrected chi connectivity index (χ2v) is 5.36. The van der Waals surface area contributed by atoms with Gasteiger partial charge in [-0.05, 0) is 11.8 Å². The highest BCUT2D eigenvalue weighted by Gasteiger charge is 2.16. The van der Waals surface area contributed by atoms with Gasteiger partial charge < -0.3 is 15.7 Å². The number of carbonyl (C=O) groups excluding carboxylic acids is 2. The molecule has 0 radical (unpaired) electrons. The highest BCUT2D eigenvalue weighted by molar-refractivity contribution is 5.84. The lowest BCUT2D eigenvalue weighted by Gasteiger charge is -2.17. The molecule has 2 amide bonds. The summed E-state index contributed by atoms with van der Waals surface area (Å²) in [4.78, 5) is 32.9. The van der Waals surface area contributed by atoms with Crippen molar-refractivity contribution in [2.75, 3.05) is 13.1 Å². The first kappa shape index (κ1) is 16.4. The monoisotopic (exact) mass is 258 g/mol. The third-order valence-corrected chi connectivity index (χ3v) is 2.03. The van der Waals surface area contributed by atoms with E-state index in [9.17, 15) is 14.4 Å². The van der Waals surface area contributed by atoms with Crippen molar-refractivity contribution in [2.45, 2.75) is 40.0 Å². The lowest BCUT2D eigenvalue weighted by Crippen LogP contribution is -2.38. The van der Waals surface area contributed by atoms with Gasteiger partial charge in [0.15, 0.2) is 0 Å². The fraction of sp³-hybridized carbons (Fsp3) is 0.750. The van der Waals surface area contributed by atoms with E-state index >= 15 is 0 Å². The van der Waals surface area contributed by atoms with Crippen molar-refractivity contribution in [3.8, 4) is 0 Å². The van der Waals surface area contributed by atoms with Crippen LogP contribution in [0.15, 0.2) is 0 Å². The van der Waals surface area contributed by atoms with Crippen molar-refractivity contribution >= 4 is 17.8 Å². The first-order valence-electron chi connectivity index (χ1n) is 5.96. The molecule has 6 heteroatoms. The normalized spacial score (nSPS) is 10.8. The molecule has 0 aromatic heterocycles. The van der Waals surface area contributed by atoms with Gasteiger partial charge in [-0.3, -0.25) is 14.4 Å². The van der Waals surface area contributed by atoms with Crippen LogP contribution in [0.3, 0.4) is 0 Å². The van der Waals surface area contributed by atoms with Gasteiger partial charge in [0.25, 0.3) is 0 Å². The Bertz CT molecular complexity index is 308. The molecule has 0 atom stereocenters. The van der Waals surface area contributed by atoms with Crippen LogP contribution in [0, 0.1) is 5.41 Å². The minimum Gasteiger partial charge on any atom is -0.481 e. The number of amides is 2. The Labute approximate surface area is 107 Å². The summed E-state index contributed by atoms with van der Waals surface area (Å²) in [5.41, 5.74) is -0.109. The average molecular weight is 258 g/mol. The van der Waals surface area contributed by atoms with Crippen LogP contribution < -0.4 is 10.6 Å². The molecule has 0 aromatic carbocycles. The third kappa shape index (κ3) is 10.9. The van der Waals surface area contributed by atoms with Crippen molar-refractivity contribution in [1.29, 1.82) is 0 Å². The van der Waals surface area contributed by atoms with Crippen molar-refractivity contribution in [3.63, 3.8) is 0 Å². The van der Waals surface area contributed by atoms with Crippen molar-refractivity contribution < 1.29 is 19.5 Å². The number of carboxylic acid groups (broad SMARTS) is 1. The highest BCUT2D eigenvalue weighted by atomic mass is 16.4. The molecule has 18 heavy (non-hydrogen) atoms. The number of rotatable bonds is 7. The second-order valence-electron chi connectivity index (χ2n) is 5.36. The maximum Gasteiger partial charge on any atom is 0.303 e. The molecule has 0 heterocycles. The molecule has 0 spiro atoms. The van der Waals surface area contributed by atoms with Gasteiger partial charge in [-0.25, -0.2) is 0 Å². The molecule has 0 aliphatic carbocycles. The van der Waals surface area contributed by atoms with Gasteiger partial charge in [0, 0.05) is 19.4 Å². The average Bonchev–Trinajstić information content (AvgIpc) is 2.19. The van der Waals surface area contributed by atoms with E-state index in [0.29, 0.717) is 19.4 Å². The second kappa shape index (κ2) is 7.68. The fourth-order valence-corrected chi connectivity index (χ4v) is 1.25. The topological polar surface area (TPSA) is 95.5 Å². The summed E-state index contributed by atoms with van der Waals surface area (Å²) < 4.78 is 0. The summed E-state index contributed by atoms with van der Waals surface area (Å²) in [5.74, 6) is -1.35. The molecule has 0 rings (SSSR count). The third-order valence-electron chi connectivity index (χ3n) is 2.03. The standard InChI is InChI=1S/C12H22N2O4/c1-12(2,3)7-9(15)14-8-10(16)13-6-4-5-11(17)18/h4-8H2,1-3H3,(H,13,16)(H,14,15)(H,17,18). The maximum absolute atomic E-state index is 11.4. The molecule has 3 N–H and O–H groups in total. The van der Waals surface area contributed by atoms with Gasteiger partial charge in [-0.1, -0.05) is 20.8 Å². The molecule has 0 fully saturated rings. The number of carbonyl (C=O) groups is 3. The minimum absolute atomic E-state index is 0.0245. The summed E-state index contributed by atoms with van der Waals surface area (Å²) in [7, 11) is 0. The Morgan fingerprint density at radius 3 is 2.17 bits per heavy atom. The largest absolute Gasteiger partial charge is 0.481 e. The Hall–Kier alpha value is -1.59. The van der Waals surface area contributed by atoms with Gasteiger partial charge in [-0.2, -0.15) is 0 Å². The first-order valence-corrected chi connectivity index (χ1v) is 5.96. The smallest absolute Gasteiger partial charge is 0.303 e. The van der Waals surface area contributed by atoms with Crippen LogP contribution in [0.1, 0.15) is 40.0 Å². The van der Waals surface area contributed by atoms with Crippen molar-refractivity contribution in [3.05, 3.63) is 0 Å². The zero-order chi connectivity index (χ0) is 14.2. The van der Waals surface area contributed by atoms with Gasteiger partial charge in [0.1, 0.15) is 0 Å². The summed E-state index contributed by atoms with van der Waals surface area (Å²) in [6, 6.07) is 0. The predicted octanol–water partition coefficient (Wildman–Crippen LogP) is 0.520. The Balaban J connectivity index is 3.64. The van der Waals surface area contributed by atoms with Gasteiger partial charge in [-0.15, -0.1) is 0 Å². The molecular formula is C12H22N2O4. The number of hydrogen-bond donors (Lipinski definition) is 3. The summed E-state index contributed by atoms with van der Waals surface area (Å²) in [5, 5.41) is 13.5. The molecule has 0 aliphatic heterocycles. The van der Waals surface area contributed by atoms with Crippen LogP contribution in [-0.4, -0.2) is 36.0 Å². The molecule has 6 nitrogen and oxygen atoms in total. The fourth-order valence-electron chi connectivity index (χ4n) is 1.25. The summed E-state index contributed by atoms with van der Waals surface area (Å²) in [6.45, 7) is 6.07. The molecule has 0 saturated carbocycles. The van der Waals surface area contributed by atoms with Crippen LogP contribution >= 0.6 is 0 Å². The van der Waals surface area contributed by atoms with E-state index in [1.54, 1.807) is 0 Å². The SMILES string of the molecule is CC(C)(C)CC(=O)NCC(=O)NCCCC(=O)O. The van der Waals surface area contributed by atoms with Gasteiger partial charge >= 0.3 is 5.97 Å². The molecule has 0 saturated heterocycles. The number of carboxylic acids is 1. The molecule has 0 unspecified atom stereocenters. The van der Waals surface area contributed by atoms with Crippen molar-refractivity contribution in [2.24, 2.45) is 5.41 Å². The Morgan fingerprint density at radius 1 is 1.06 bits per heavy atom. The summed E-state index contributed by atoms with van der Waals surface area (Å²) >= 11 is 0. The Kier molecular flexibility index (Phi) is 7.00. The predicted molar refractivity (Wildman–Crippen MR) is 67.0 cm³/mol. The zero-order valence-corrected chi connectivity index (χ0v) is 11.2. The van der Waals surface area contributed by atoms with E-state index in [1.165, 1.54) is 0 Å². The first-order chi connectivity index (χ1) is 8.20. The van der Waals surface area contributed by atoms with Crippen molar-refractivity contribution in [1.82, 2.24) is 10.6 Å². The number of nitrogens with one attached hydrogen (secondary N) is 2. The van der Waals surface area contributed by atoms with E-state index < -0.39 is 5.97 Å². The molecular weight excluding hydrogens is 236 g/mol. The zero-order valence-electron chi connectivity index (χ0n) is 11.2.